The van der Waals surface area contributed by atoms with Gasteiger partial charge in [-0.15, -0.1) is 0 Å². The van der Waals surface area contributed by atoms with Crippen molar-refractivity contribution in [2.45, 2.75) is 32.2 Å². The van der Waals surface area contributed by atoms with Crippen LogP contribution in [-0.2, 0) is 4.74 Å². The first-order valence-corrected chi connectivity index (χ1v) is 8.68. The average Bonchev–Trinajstić information content (AvgIpc) is 2.62. The van der Waals surface area contributed by atoms with E-state index in [1.54, 1.807) is 7.11 Å². The highest BCUT2D eigenvalue weighted by Gasteiger charge is 2.54. The van der Waals surface area contributed by atoms with Crippen LogP contribution in [-0.4, -0.2) is 49.6 Å². The van der Waals surface area contributed by atoms with Gasteiger partial charge in [0.05, 0.1) is 25.9 Å². The summed E-state index contributed by atoms with van der Waals surface area (Å²) in [6.07, 6.45) is 6.04. The molecule has 0 aromatic heterocycles. The number of rotatable bonds is 4. The van der Waals surface area contributed by atoms with Crippen molar-refractivity contribution in [1.29, 1.82) is 0 Å². The maximum atomic E-state index is 13.7. The molecule has 4 heteroatoms. The standard InChI is InChI=1S/C20H27NO3/c1-19(2)10-4-5-11-20(19,21-12-14-24-15-13-21)18(22)16-6-8-17(23-3)9-7-16/h4-9H,10-15H2,1-3H3. The molecule has 2 aliphatic rings. The lowest BCUT2D eigenvalue weighted by Crippen LogP contribution is -2.66. The van der Waals surface area contributed by atoms with E-state index in [0.29, 0.717) is 13.2 Å². The van der Waals surface area contributed by atoms with Gasteiger partial charge in [0.1, 0.15) is 5.75 Å². The molecule has 0 saturated carbocycles. The molecule has 1 aliphatic heterocycles. The van der Waals surface area contributed by atoms with Crippen molar-refractivity contribution >= 4 is 5.78 Å². The quantitative estimate of drug-likeness (QED) is 0.627. The van der Waals surface area contributed by atoms with Crippen LogP contribution in [0.1, 0.15) is 37.0 Å². The van der Waals surface area contributed by atoms with Gasteiger partial charge in [-0.3, -0.25) is 9.69 Å². The van der Waals surface area contributed by atoms with Gasteiger partial charge in [-0.2, -0.15) is 0 Å². The number of morpholine rings is 1. The van der Waals surface area contributed by atoms with Crippen molar-refractivity contribution < 1.29 is 14.3 Å². The van der Waals surface area contributed by atoms with Gasteiger partial charge in [-0.1, -0.05) is 26.0 Å². The molecule has 0 bridgehead atoms. The van der Waals surface area contributed by atoms with Crippen molar-refractivity contribution in [3.63, 3.8) is 0 Å². The largest absolute Gasteiger partial charge is 0.497 e. The molecule has 1 atom stereocenters. The minimum absolute atomic E-state index is 0.129. The second kappa shape index (κ2) is 6.69. The van der Waals surface area contributed by atoms with Crippen LogP contribution in [0, 0.1) is 5.41 Å². The van der Waals surface area contributed by atoms with E-state index < -0.39 is 5.54 Å². The first-order chi connectivity index (χ1) is 11.5. The molecule has 1 aromatic carbocycles. The molecule has 1 aliphatic carbocycles. The molecular formula is C20H27NO3. The Balaban J connectivity index is 2.03. The first-order valence-electron chi connectivity index (χ1n) is 8.68. The van der Waals surface area contributed by atoms with Gasteiger partial charge in [0.15, 0.2) is 5.78 Å². The molecule has 0 N–H and O–H groups in total. The molecule has 1 fully saturated rings. The molecule has 3 rings (SSSR count). The summed E-state index contributed by atoms with van der Waals surface area (Å²) in [5.74, 6) is 0.983. The highest BCUT2D eigenvalue weighted by molar-refractivity contribution is 6.04. The number of carbonyl (C=O) groups excluding carboxylic acids is 1. The number of benzene rings is 1. The summed E-state index contributed by atoms with van der Waals surface area (Å²) in [6.45, 7) is 7.42. The maximum Gasteiger partial charge on any atom is 0.183 e. The van der Waals surface area contributed by atoms with Gasteiger partial charge in [0.25, 0.3) is 0 Å². The molecule has 1 heterocycles. The van der Waals surface area contributed by atoms with E-state index in [-0.39, 0.29) is 11.2 Å². The Labute approximate surface area is 144 Å². The van der Waals surface area contributed by atoms with E-state index in [4.69, 9.17) is 9.47 Å². The van der Waals surface area contributed by atoms with Gasteiger partial charge in [-0.05, 0) is 42.5 Å². The molecular weight excluding hydrogens is 302 g/mol. The maximum absolute atomic E-state index is 13.7. The second-order valence-electron chi connectivity index (χ2n) is 7.28. The van der Waals surface area contributed by atoms with Crippen LogP contribution in [0.3, 0.4) is 0 Å². The van der Waals surface area contributed by atoms with Crippen molar-refractivity contribution in [3.8, 4) is 5.75 Å². The number of carbonyl (C=O) groups is 1. The zero-order valence-electron chi connectivity index (χ0n) is 14.9. The SMILES string of the molecule is COc1ccc(C(=O)C2(N3CCOCC3)CC=CCC2(C)C)cc1. The molecule has 24 heavy (non-hydrogen) atoms. The lowest BCUT2D eigenvalue weighted by Gasteiger charge is -2.54. The smallest absolute Gasteiger partial charge is 0.183 e. The highest BCUT2D eigenvalue weighted by atomic mass is 16.5. The van der Waals surface area contributed by atoms with E-state index in [9.17, 15) is 4.79 Å². The van der Waals surface area contributed by atoms with Gasteiger partial charge in [-0.25, -0.2) is 0 Å². The number of methoxy groups -OCH3 is 1. The highest BCUT2D eigenvalue weighted by Crippen LogP contribution is 2.47. The monoisotopic (exact) mass is 329 g/mol. The molecule has 1 aromatic rings. The predicted molar refractivity (Wildman–Crippen MR) is 94.6 cm³/mol. The fraction of sp³-hybridized carbons (Fsp3) is 0.550. The second-order valence-corrected chi connectivity index (χ2v) is 7.28. The number of hydrogen-bond acceptors (Lipinski definition) is 4. The molecule has 130 valence electrons. The van der Waals surface area contributed by atoms with Crippen LogP contribution in [0.4, 0.5) is 0 Å². The van der Waals surface area contributed by atoms with Crippen molar-refractivity contribution in [2.24, 2.45) is 5.41 Å². The lowest BCUT2D eigenvalue weighted by atomic mass is 9.61. The summed E-state index contributed by atoms with van der Waals surface area (Å²) in [5, 5.41) is 0. The van der Waals surface area contributed by atoms with E-state index in [1.165, 1.54) is 0 Å². The molecule has 0 amide bonds. The molecule has 1 saturated heterocycles. The molecule has 4 nitrogen and oxygen atoms in total. The summed E-state index contributed by atoms with van der Waals surface area (Å²) in [4.78, 5) is 16.0. The van der Waals surface area contributed by atoms with Gasteiger partial charge >= 0.3 is 0 Å². The third-order valence-electron chi connectivity index (χ3n) is 5.61. The summed E-state index contributed by atoms with van der Waals surface area (Å²) >= 11 is 0. The Morgan fingerprint density at radius 3 is 2.29 bits per heavy atom. The zero-order chi connectivity index (χ0) is 17.2. The predicted octanol–water partition coefficient (Wildman–Crippen LogP) is 3.33. The number of allylic oxidation sites excluding steroid dienone is 1. The Morgan fingerprint density at radius 1 is 1.08 bits per heavy atom. The fourth-order valence-corrected chi connectivity index (χ4v) is 4.10. The topological polar surface area (TPSA) is 38.8 Å². The molecule has 1 unspecified atom stereocenters. The van der Waals surface area contributed by atoms with Crippen LogP contribution >= 0.6 is 0 Å². The normalized spacial score (nSPS) is 27.0. The Bertz CT molecular complexity index is 614. The van der Waals surface area contributed by atoms with E-state index >= 15 is 0 Å². The number of ketones is 1. The van der Waals surface area contributed by atoms with Crippen molar-refractivity contribution in [1.82, 2.24) is 4.90 Å². The van der Waals surface area contributed by atoms with Crippen LogP contribution < -0.4 is 4.74 Å². The average molecular weight is 329 g/mol. The van der Waals surface area contributed by atoms with Gasteiger partial charge in [0.2, 0.25) is 0 Å². The third kappa shape index (κ3) is 2.78. The molecule has 0 spiro atoms. The minimum atomic E-state index is -0.514. The zero-order valence-corrected chi connectivity index (χ0v) is 14.9. The lowest BCUT2D eigenvalue weighted by molar-refractivity contribution is -0.0574. The Morgan fingerprint density at radius 2 is 1.71 bits per heavy atom. The third-order valence-corrected chi connectivity index (χ3v) is 5.61. The Kier molecular flexibility index (Phi) is 4.79. The summed E-state index contributed by atoms with van der Waals surface area (Å²) in [6, 6.07) is 7.51. The number of hydrogen-bond donors (Lipinski definition) is 0. The van der Waals surface area contributed by atoms with E-state index in [1.807, 2.05) is 24.3 Å². The first kappa shape index (κ1) is 17.2. The van der Waals surface area contributed by atoms with E-state index in [0.717, 1.165) is 37.2 Å². The summed E-state index contributed by atoms with van der Waals surface area (Å²) in [7, 11) is 1.64. The van der Waals surface area contributed by atoms with Crippen LogP contribution in [0.25, 0.3) is 0 Å². The fourth-order valence-electron chi connectivity index (χ4n) is 4.10. The summed E-state index contributed by atoms with van der Waals surface area (Å²) < 4.78 is 10.8. The van der Waals surface area contributed by atoms with Gasteiger partial charge in [0, 0.05) is 18.7 Å². The van der Waals surface area contributed by atoms with E-state index in [2.05, 4.69) is 30.9 Å². The Hall–Kier alpha value is -1.65. The number of nitrogens with zero attached hydrogens (tertiary/aromatic N) is 1. The van der Waals surface area contributed by atoms with Crippen LogP contribution in [0.5, 0.6) is 5.75 Å². The van der Waals surface area contributed by atoms with Gasteiger partial charge < -0.3 is 9.47 Å². The number of ether oxygens (including phenoxy) is 2. The molecule has 0 radical (unpaired) electrons. The summed E-state index contributed by atoms with van der Waals surface area (Å²) in [5.41, 5.74) is 0.113. The van der Waals surface area contributed by atoms with Crippen molar-refractivity contribution in [3.05, 3.63) is 42.0 Å². The van der Waals surface area contributed by atoms with Crippen LogP contribution in [0.15, 0.2) is 36.4 Å². The number of Topliss-reactive ketones (excluding diaryl/α,β-unsaturated/α-hetero) is 1. The van der Waals surface area contributed by atoms with Crippen LogP contribution in [0.2, 0.25) is 0 Å². The van der Waals surface area contributed by atoms with Crippen molar-refractivity contribution in [2.75, 3.05) is 33.4 Å². The minimum Gasteiger partial charge on any atom is -0.497 e.